The summed E-state index contributed by atoms with van der Waals surface area (Å²) in [5.74, 6) is 0.105. The predicted molar refractivity (Wildman–Crippen MR) is 81.8 cm³/mol. The Balaban J connectivity index is 1.65. The van der Waals surface area contributed by atoms with E-state index in [0.717, 1.165) is 0 Å². The third-order valence-electron chi connectivity index (χ3n) is 3.11. The number of fused-ring (bicyclic) bond motifs is 1. The number of hydrogen-bond acceptors (Lipinski definition) is 5. The van der Waals surface area contributed by atoms with Crippen molar-refractivity contribution >= 4 is 21.6 Å². The third kappa shape index (κ3) is 3.15. The van der Waals surface area contributed by atoms with E-state index in [1.54, 1.807) is 11.4 Å². The second kappa shape index (κ2) is 6.25. The maximum absolute atomic E-state index is 12.8. The number of aromatic nitrogens is 2. The topological polar surface area (TPSA) is 64.4 Å². The lowest BCUT2D eigenvalue weighted by molar-refractivity contribution is 0.0914. The molecule has 1 N–H and O–H groups in total. The van der Waals surface area contributed by atoms with Gasteiger partial charge in [0, 0.05) is 0 Å². The molecule has 0 aliphatic rings. The minimum Gasteiger partial charge on any atom is -0.491 e. The van der Waals surface area contributed by atoms with Gasteiger partial charge in [-0.05, 0) is 35.7 Å². The van der Waals surface area contributed by atoms with E-state index >= 15 is 0 Å². The van der Waals surface area contributed by atoms with Gasteiger partial charge in [0.15, 0.2) is 0 Å². The molecule has 0 saturated carbocycles. The lowest BCUT2D eigenvalue weighted by Gasteiger charge is -2.13. The Morgan fingerprint density at radius 3 is 2.86 bits per heavy atom. The molecule has 0 radical (unpaired) electrons. The third-order valence-corrected chi connectivity index (χ3v) is 3.93. The van der Waals surface area contributed by atoms with Crippen LogP contribution in [0.1, 0.15) is 0 Å². The Bertz CT molecular complexity index is 829. The molecule has 0 fully saturated rings. The van der Waals surface area contributed by atoms with Gasteiger partial charge in [-0.1, -0.05) is 0 Å². The van der Waals surface area contributed by atoms with Gasteiger partial charge in [-0.25, -0.2) is 9.37 Å². The highest BCUT2D eigenvalue weighted by molar-refractivity contribution is 7.16. The Hall–Kier alpha value is -2.25. The molecule has 1 aromatic carbocycles. The summed E-state index contributed by atoms with van der Waals surface area (Å²) in [6.07, 6.45) is 0.545. The van der Waals surface area contributed by atoms with E-state index in [1.807, 2.05) is 0 Å². The van der Waals surface area contributed by atoms with Gasteiger partial charge in [0.25, 0.3) is 5.56 Å². The monoisotopic (exact) mass is 320 g/mol. The molecular formula is C15H13FN2O3S. The van der Waals surface area contributed by atoms with Crippen molar-refractivity contribution in [1.82, 2.24) is 9.55 Å². The molecule has 0 amide bonds. The summed E-state index contributed by atoms with van der Waals surface area (Å²) in [7, 11) is 0. The van der Waals surface area contributed by atoms with E-state index < -0.39 is 6.10 Å². The molecule has 2 heterocycles. The molecule has 7 heteroatoms. The van der Waals surface area contributed by atoms with Crippen LogP contribution in [0.25, 0.3) is 10.2 Å². The fraction of sp³-hybridized carbons (Fsp3) is 0.200. The second-order valence-electron chi connectivity index (χ2n) is 4.76. The molecular weight excluding hydrogens is 307 g/mol. The molecule has 0 aliphatic carbocycles. The lowest BCUT2D eigenvalue weighted by Crippen LogP contribution is -2.30. The van der Waals surface area contributed by atoms with E-state index in [4.69, 9.17) is 4.74 Å². The summed E-state index contributed by atoms with van der Waals surface area (Å²) in [5.41, 5.74) is -0.188. The van der Waals surface area contributed by atoms with Gasteiger partial charge in [0.05, 0.1) is 18.3 Å². The predicted octanol–water partition coefficient (Wildman–Crippen LogP) is 2.04. The van der Waals surface area contributed by atoms with Gasteiger partial charge < -0.3 is 9.84 Å². The summed E-state index contributed by atoms with van der Waals surface area (Å²) in [4.78, 5) is 17.0. The molecule has 3 aromatic rings. The molecule has 114 valence electrons. The Morgan fingerprint density at radius 2 is 2.09 bits per heavy atom. The van der Waals surface area contributed by atoms with E-state index in [-0.39, 0.29) is 24.5 Å². The van der Waals surface area contributed by atoms with Crippen LogP contribution in [0.15, 0.2) is 46.8 Å². The Labute approximate surface area is 129 Å². The lowest BCUT2D eigenvalue weighted by atomic mass is 10.3. The first-order valence-corrected chi connectivity index (χ1v) is 7.50. The zero-order valence-electron chi connectivity index (χ0n) is 11.5. The van der Waals surface area contributed by atoms with Crippen molar-refractivity contribution < 1.29 is 14.2 Å². The fourth-order valence-electron chi connectivity index (χ4n) is 2.03. The number of benzene rings is 1. The number of rotatable bonds is 5. The molecule has 0 bridgehead atoms. The average Bonchev–Trinajstić information content (AvgIpc) is 2.99. The minimum absolute atomic E-state index is 0.000252. The van der Waals surface area contributed by atoms with Gasteiger partial charge >= 0.3 is 0 Å². The van der Waals surface area contributed by atoms with Crippen molar-refractivity contribution in [1.29, 1.82) is 0 Å². The van der Waals surface area contributed by atoms with Gasteiger partial charge in [-0.3, -0.25) is 9.36 Å². The first-order valence-electron chi connectivity index (χ1n) is 6.62. The van der Waals surface area contributed by atoms with Crippen molar-refractivity contribution in [2.24, 2.45) is 0 Å². The van der Waals surface area contributed by atoms with Crippen LogP contribution in [0.3, 0.4) is 0 Å². The van der Waals surface area contributed by atoms with Crippen molar-refractivity contribution in [3.63, 3.8) is 0 Å². The van der Waals surface area contributed by atoms with E-state index in [9.17, 15) is 14.3 Å². The minimum atomic E-state index is -0.874. The second-order valence-corrected chi connectivity index (χ2v) is 5.65. The Morgan fingerprint density at radius 1 is 1.32 bits per heavy atom. The number of aliphatic hydroxyl groups is 1. The summed E-state index contributed by atoms with van der Waals surface area (Å²) in [6.45, 7) is 0.0819. The summed E-state index contributed by atoms with van der Waals surface area (Å²) < 4.78 is 19.5. The zero-order valence-corrected chi connectivity index (χ0v) is 12.3. The number of thiophene rings is 1. The first-order chi connectivity index (χ1) is 10.6. The quantitative estimate of drug-likeness (QED) is 0.781. The molecule has 2 aromatic heterocycles. The highest BCUT2D eigenvalue weighted by atomic mass is 32.1. The summed E-state index contributed by atoms with van der Waals surface area (Å²) in [5, 5.41) is 12.3. The number of hydrogen-bond donors (Lipinski definition) is 1. The van der Waals surface area contributed by atoms with E-state index in [2.05, 4.69) is 4.98 Å². The average molecular weight is 320 g/mol. The highest BCUT2D eigenvalue weighted by Gasteiger charge is 2.10. The van der Waals surface area contributed by atoms with Crippen LogP contribution in [0.4, 0.5) is 4.39 Å². The summed E-state index contributed by atoms with van der Waals surface area (Å²) in [6, 6.07) is 7.23. The van der Waals surface area contributed by atoms with Gasteiger partial charge in [-0.2, -0.15) is 0 Å². The number of ether oxygens (including phenoxy) is 1. The molecule has 0 aliphatic heterocycles. The van der Waals surface area contributed by atoms with Gasteiger partial charge in [-0.15, -0.1) is 11.3 Å². The van der Waals surface area contributed by atoms with E-state index in [1.165, 1.54) is 46.5 Å². The van der Waals surface area contributed by atoms with Crippen molar-refractivity contribution in [2.75, 3.05) is 6.61 Å². The maximum Gasteiger partial charge on any atom is 0.262 e. The zero-order chi connectivity index (χ0) is 15.5. The maximum atomic E-state index is 12.8. The number of halogens is 1. The number of nitrogens with zero attached hydrogens (tertiary/aromatic N) is 2. The van der Waals surface area contributed by atoms with Crippen LogP contribution in [-0.2, 0) is 6.54 Å². The largest absolute Gasteiger partial charge is 0.491 e. The van der Waals surface area contributed by atoms with Crippen LogP contribution in [0, 0.1) is 5.82 Å². The molecule has 0 saturated heterocycles. The molecule has 5 nitrogen and oxygen atoms in total. The first kappa shape index (κ1) is 14.7. The highest BCUT2D eigenvalue weighted by Crippen LogP contribution is 2.14. The molecule has 0 unspecified atom stereocenters. The molecule has 1 atom stereocenters. The summed E-state index contributed by atoms with van der Waals surface area (Å²) >= 11 is 1.40. The van der Waals surface area contributed by atoms with Crippen LogP contribution < -0.4 is 10.3 Å². The van der Waals surface area contributed by atoms with E-state index in [0.29, 0.717) is 16.0 Å². The van der Waals surface area contributed by atoms with Crippen LogP contribution in [0.5, 0.6) is 5.75 Å². The van der Waals surface area contributed by atoms with Gasteiger partial charge in [0.1, 0.15) is 29.1 Å². The SMILES string of the molecule is O=c1c2ccsc2ncn1C[C@@H](O)COc1ccc(F)cc1. The van der Waals surface area contributed by atoms with Crippen molar-refractivity contribution in [3.8, 4) is 5.75 Å². The smallest absolute Gasteiger partial charge is 0.262 e. The molecule has 3 rings (SSSR count). The standard InChI is InChI=1S/C15H13FN2O3S/c16-10-1-3-12(4-2-10)21-8-11(19)7-18-9-17-14-13(15(18)20)5-6-22-14/h1-6,9,11,19H,7-8H2/t11-/m1/s1. The van der Waals surface area contributed by atoms with Crippen LogP contribution in [0.2, 0.25) is 0 Å². The normalized spacial score (nSPS) is 12.5. The van der Waals surface area contributed by atoms with Gasteiger partial charge in [0.2, 0.25) is 0 Å². The Kier molecular flexibility index (Phi) is 4.17. The fourth-order valence-corrected chi connectivity index (χ4v) is 2.75. The van der Waals surface area contributed by atoms with Crippen molar-refractivity contribution in [3.05, 3.63) is 58.2 Å². The number of aliphatic hydroxyl groups excluding tert-OH is 1. The van der Waals surface area contributed by atoms with Crippen molar-refractivity contribution in [2.45, 2.75) is 12.6 Å². The van der Waals surface area contributed by atoms with Crippen LogP contribution in [-0.4, -0.2) is 27.4 Å². The molecule has 0 spiro atoms. The van der Waals surface area contributed by atoms with Crippen LogP contribution >= 0.6 is 11.3 Å². The molecule has 22 heavy (non-hydrogen) atoms.